The summed E-state index contributed by atoms with van der Waals surface area (Å²) in [5.41, 5.74) is 0. The van der Waals surface area contributed by atoms with E-state index < -0.39 is 0 Å². The van der Waals surface area contributed by atoms with Gasteiger partial charge in [0, 0.05) is 25.3 Å². The van der Waals surface area contributed by atoms with Gasteiger partial charge in [0.05, 0.1) is 17.7 Å². The quantitative estimate of drug-likeness (QED) is 0.902. The monoisotopic (exact) mass is 328 g/mol. The van der Waals surface area contributed by atoms with Crippen LogP contribution in [0.3, 0.4) is 0 Å². The van der Waals surface area contributed by atoms with E-state index in [1.165, 1.54) is 0 Å². The SMILES string of the molecule is COc1cc(NC(=O)CC[C@@H]2CCCO2)ncc1Br. The fraction of sp³-hybridized carbons (Fsp3) is 0.538. The Morgan fingerprint density at radius 1 is 1.68 bits per heavy atom. The number of carbonyl (C=O) groups is 1. The summed E-state index contributed by atoms with van der Waals surface area (Å²) in [5.74, 6) is 1.09. The molecule has 0 aromatic carbocycles. The topological polar surface area (TPSA) is 60.5 Å². The van der Waals surface area contributed by atoms with Crippen LogP contribution in [0.25, 0.3) is 0 Å². The molecule has 19 heavy (non-hydrogen) atoms. The van der Waals surface area contributed by atoms with Gasteiger partial charge < -0.3 is 14.8 Å². The van der Waals surface area contributed by atoms with Crippen LogP contribution in [-0.2, 0) is 9.53 Å². The Labute approximate surface area is 120 Å². The average molecular weight is 329 g/mol. The Hall–Kier alpha value is -1.14. The molecule has 5 nitrogen and oxygen atoms in total. The van der Waals surface area contributed by atoms with Gasteiger partial charge in [-0.3, -0.25) is 4.79 Å². The zero-order valence-electron chi connectivity index (χ0n) is 10.8. The second kappa shape index (κ2) is 6.86. The Kier molecular flexibility index (Phi) is 5.15. The molecule has 104 valence electrons. The van der Waals surface area contributed by atoms with Gasteiger partial charge in [0.1, 0.15) is 11.6 Å². The average Bonchev–Trinajstić information content (AvgIpc) is 2.92. The van der Waals surface area contributed by atoms with Crippen LogP contribution in [0, 0.1) is 0 Å². The molecule has 0 saturated carbocycles. The molecule has 1 amide bonds. The Morgan fingerprint density at radius 3 is 3.21 bits per heavy atom. The highest BCUT2D eigenvalue weighted by Crippen LogP contribution is 2.26. The third kappa shape index (κ3) is 4.18. The first-order chi connectivity index (χ1) is 9.19. The van der Waals surface area contributed by atoms with Gasteiger partial charge in [-0.25, -0.2) is 4.98 Å². The number of ether oxygens (including phenoxy) is 2. The molecule has 1 atom stereocenters. The minimum absolute atomic E-state index is 0.0487. The first-order valence-corrected chi connectivity index (χ1v) is 7.09. The molecule has 1 aromatic rings. The maximum atomic E-state index is 11.8. The summed E-state index contributed by atoms with van der Waals surface area (Å²) in [6.07, 6.45) is 5.20. The zero-order valence-corrected chi connectivity index (χ0v) is 12.4. The lowest BCUT2D eigenvalue weighted by Crippen LogP contribution is -2.16. The van der Waals surface area contributed by atoms with Crippen molar-refractivity contribution in [3.05, 3.63) is 16.7 Å². The molecular weight excluding hydrogens is 312 g/mol. The normalized spacial score (nSPS) is 18.3. The Morgan fingerprint density at radius 2 is 2.53 bits per heavy atom. The highest BCUT2D eigenvalue weighted by Gasteiger charge is 2.17. The van der Waals surface area contributed by atoms with Gasteiger partial charge in [-0.15, -0.1) is 0 Å². The van der Waals surface area contributed by atoms with E-state index in [-0.39, 0.29) is 12.0 Å². The standard InChI is InChI=1S/C13H17BrN2O3/c1-18-11-7-12(15-8-10(11)14)16-13(17)5-4-9-3-2-6-19-9/h7-9H,2-6H2,1H3,(H,15,16,17)/t9-/m0/s1. The predicted molar refractivity (Wildman–Crippen MR) is 75.3 cm³/mol. The second-order valence-corrected chi connectivity index (χ2v) is 5.28. The second-order valence-electron chi connectivity index (χ2n) is 4.43. The lowest BCUT2D eigenvalue weighted by molar-refractivity contribution is -0.116. The molecule has 6 heteroatoms. The molecule has 1 saturated heterocycles. The smallest absolute Gasteiger partial charge is 0.225 e. The van der Waals surface area contributed by atoms with Crippen molar-refractivity contribution in [3.63, 3.8) is 0 Å². The van der Waals surface area contributed by atoms with Crippen LogP contribution in [0.15, 0.2) is 16.7 Å². The summed E-state index contributed by atoms with van der Waals surface area (Å²) >= 11 is 3.32. The first-order valence-electron chi connectivity index (χ1n) is 6.30. The van der Waals surface area contributed by atoms with Crippen molar-refractivity contribution in [2.45, 2.75) is 31.8 Å². The fourth-order valence-corrected chi connectivity index (χ4v) is 2.39. The molecule has 2 heterocycles. The van der Waals surface area contributed by atoms with Crippen LogP contribution in [-0.4, -0.2) is 30.7 Å². The number of carbonyl (C=O) groups excluding carboxylic acids is 1. The van der Waals surface area contributed by atoms with Crippen molar-refractivity contribution >= 4 is 27.7 Å². The number of pyridine rings is 1. The molecule has 1 N–H and O–H groups in total. The summed E-state index contributed by atoms with van der Waals surface area (Å²) in [5, 5.41) is 2.76. The Bertz CT molecular complexity index is 448. The van der Waals surface area contributed by atoms with Crippen LogP contribution in [0.4, 0.5) is 5.82 Å². The third-order valence-corrected chi connectivity index (χ3v) is 3.62. The number of halogens is 1. The largest absolute Gasteiger partial charge is 0.495 e. The number of rotatable bonds is 5. The van der Waals surface area contributed by atoms with Crippen LogP contribution in [0.2, 0.25) is 0 Å². The van der Waals surface area contributed by atoms with E-state index in [0.29, 0.717) is 18.0 Å². The van der Waals surface area contributed by atoms with Crippen LogP contribution < -0.4 is 10.1 Å². The van der Waals surface area contributed by atoms with Crippen LogP contribution in [0.1, 0.15) is 25.7 Å². The maximum absolute atomic E-state index is 11.8. The van der Waals surface area contributed by atoms with E-state index in [9.17, 15) is 4.79 Å². The van der Waals surface area contributed by atoms with Gasteiger partial charge >= 0.3 is 0 Å². The van der Waals surface area contributed by atoms with E-state index in [1.54, 1.807) is 19.4 Å². The van der Waals surface area contributed by atoms with E-state index in [0.717, 1.165) is 30.3 Å². The van der Waals surface area contributed by atoms with E-state index in [4.69, 9.17) is 9.47 Å². The number of anilines is 1. The lowest BCUT2D eigenvalue weighted by Gasteiger charge is -2.10. The van der Waals surface area contributed by atoms with Gasteiger partial charge in [0.15, 0.2) is 0 Å². The van der Waals surface area contributed by atoms with E-state index in [1.807, 2.05) is 0 Å². The van der Waals surface area contributed by atoms with Crippen molar-refractivity contribution in [2.24, 2.45) is 0 Å². The molecule has 0 aliphatic carbocycles. The van der Waals surface area contributed by atoms with Gasteiger partial charge in [-0.05, 0) is 35.2 Å². The van der Waals surface area contributed by atoms with Gasteiger partial charge in [-0.1, -0.05) is 0 Å². The molecule has 1 aliphatic rings. The first kappa shape index (κ1) is 14.3. The van der Waals surface area contributed by atoms with Crippen molar-refractivity contribution in [1.29, 1.82) is 0 Å². The number of nitrogens with zero attached hydrogens (tertiary/aromatic N) is 1. The summed E-state index contributed by atoms with van der Waals surface area (Å²) in [7, 11) is 1.57. The van der Waals surface area contributed by atoms with Gasteiger partial charge in [0.2, 0.25) is 5.91 Å². The third-order valence-electron chi connectivity index (χ3n) is 3.02. The molecule has 0 radical (unpaired) electrons. The van der Waals surface area contributed by atoms with Crippen LogP contribution >= 0.6 is 15.9 Å². The Balaban J connectivity index is 1.84. The molecule has 0 unspecified atom stereocenters. The molecule has 0 bridgehead atoms. The number of nitrogens with one attached hydrogen (secondary N) is 1. The van der Waals surface area contributed by atoms with Gasteiger partial charge in [-0.2, -0.15) is 0 Å². The molecule has 0 spiro atoms. The highest BCUT2D eigenvalue weighted by atomic mass is 79.9. The van der Waals surface area contributed by atoms with Crippen LogP contribution in [0.5, 0.6) is 5.75 Å². The molecule has 1 aliphatic heterocycles. The number of amides is 1. The zero-order chi connectivity index (χ0) is 13.7. The number of methoxy groups -OCH3 is 1. The summed E-state index contributed by atoms with van der Waals surface area (Å²) in [4.78, 5) is 15.9. The molecular formula is C13H17BrN2O3. The minimum atomic E-state index is -0.0487. The lowest BCUT2D eigenvalue weighted by atomic mass is 10.1. The summed E-state index contributed by atoms with van der Waals surface area (Å²) in [6, 6.07) is 1.69. The van der Waals surface area contributed by atoms with Crippen molar-refractivity contribution in [2.75, 3.05) is 19.0 Å². The number of hydrogen-bond donors (Lipinski definition) is 1. The van der Waals surface area contributed by atoms with E-state index >= 15 is 0 Å². The maximum Gasteiger partial charge on any atom is 0.225 e. The summed E-state index contributed by atoms with van der Waals surface area (Å²) in [6.45, 7) is 0.817. The van der Waals surface area contributed by atoms with Gasteiger partial charge in [0.25, 0.3) is 0 Å². The molecule has 2 rings (SSSR count). The number of hydrogen-bond acceptors (Lipinski definition) is 4. The van der Waals surface area contributed by atoms with Crippen molar-refractivity contribution < 1.29 is 14.3 Å². The highest BCUT2D eigenvalue weighted by molar-refractivity contribution is 9.10. The molecule has 1 fully saturated rings. The fourth-order valence-electron chi connectivity index (χ4n) is 2.01. The van der Waals surface area contributed by atoms with Crippen molar-refractivity contribution in [3.8, 4) is 5.75 Å². The molecule has 1 aromatic heterocycles. The summed E-state index contributed by atoms with van der Waals surface area (Å²) < 4.78 is 11.4. The number of aromatic nitrogens is 1. The van der Waals surface area contributed by atoms with E-state index in [2.05, 4.69) is 26.2 Å². The minimum Gasteiger partial charge on any atom is -0.495 e. The van der Waals surface area contributed by atoms with Crippen molar-refractivity contribution in [1.82, 2.24) is 4.98 Å². The predicted octanol–water partition coefficient (Wildman–Crippen LogP) is 2.75.